The maximum Gasteiger partial charge on any atom is 0.239 e. The molecule has 4 rings (SSSR count). The quantitative estimate of drug-likeness (QED) is 0.805. The standard InChI is InChI=1S/C20H20ClN3O4/c21-15-10-14(3-4-16(15)24-8-7-22-20(26)11-24)23-19(25)6-2-13-1-5-17-18(9-13)28-12-27-17/h1,3-5,9-10H,2,6-8,11-12H2,(H,22,26)(H,23,25). The maximum absolute atomic E-state index is 12.3. The van der Waals surface area contributed by atoms with Gasteiger partial charge < -0.3 is 25.0 Å². The molecule has 2 aliphatic rings. The van der Waals surface area contributed by atoms with Gasteiger partial charge in [0.2, 0.25) is 18.6 Å². The lowest BCUT2D eigenvalue weighted by atomic mass is 10.1. The topological polar surface area (TPSA) is 79.9 Å². The van der Waals surface area contributed by atoms with E-state index >= 15 is 0 Å². The Hall–Kier alpha value is -2.93. The number of aryl methyl sites for hydroxylation is 1. The van der Waals surface area contributed by atoms with Gasteiger partial charge >= 0.3 is 0 Å². The van der Waals surface area contributed by atoms with Gasteiger partial charge in [-0.05, 0) is 42.3 Å². The molecular weight excluding hydrogens is 382 g/mol. The molecule has 2 N–H and O–H groups in total. The fraction of sp³-hybridized carbons (Fsp3) is 0.300. The molecule has 28 heavy (non-hydrogen) atoms. The molecule has 2 heterocycles. The number of ether oxygens (including phenoxy) is 2. The largest absolute Gasteiger partial charge is 0.454 e. The summed E-state index contributed by atoms with van der Waals surface area (Å²) in [5.41, 5.74) is 2.43. The molecule has 2 aliphatic heterocycles. The van der Waals surface area contributed by atoms with E-state index < -0.39 is 0 Å². The molecule has 0 bridgehead atoms. The summed E-state index contributed by atoms with van der Waals surface area (Å²) >= 11 is 6.37. The second-order valence-electron chi connectivity index (χ2n) is 6.67. The highest BCUT2D eigenvalue weighted by molar-refractivity contribution is 6.33. The minimum atomic E-state index is -0.0983. The van der Waals surface area contributed by atoms with Gasteiger partial charge in [-0.1, -0.05) is 17.7 Å². The fourth-order valence-corrected chi connectivity index (χ4v) is 3.56. The van der Waals surface area contributed by atoms with E-state index in [1.807, 2.05) is 29.2 Å². The fourth-order valence-electron chi connectivity index (χ4n) is 3.26. The highest BCUT2D eigenvalue weighted by Crippen LogP contribution is 2.33. The number of fused-ring (bicyclic) bond motifs is 1. The van der Waals surface area contributed by atoms with Crippen molar-refractivity contribution in [2.24, 2.45) is 0 Å². The Morgan fingerprint density at radius 2 is 2.04 bits per heavy atom. The number of halogens is 1. The summed E-state index contributed by atoms with van der Waals surface area (Å²) in [5, 5.41) is 6.15. The number of nitrogens with one attached hydrogen (secondary N) is 2. The Kier molecular flexibility index (Phi) is 5.25. The van der Waals surface area contributed by atoms with Crippen LogP contribution in [-0.2, 0) is 16.0 Å². The van der Waals surface area contributed by atoms with E-state index in [0.29, 0.717) is 42.4 Å². The molecule has 8 heteroatoms. The monoisotopic (exact) mass is 401 g/mol. The number of carbonyl (C=O) groups is 2. The normalized spacial score (nSPS) is 15.3. The van der Waals surface area contributed by atoms with Crippen LogP contribution in [0.2, 0.25) is 5.02 Å². The van der Waals surface area contributed by atoms with Crippen molar-refractivity contribution in [1.29, 1.82) is 0 Å². The van der Waals surface area contributed by atoms with Crippen molar-refractivity contribution in [3.63, 3.8) is 0 Å². The number of benzene rings is 2. The molecule has 0 atom stereocenters. The number of amides is 2. The Bertz CT molecular complexity index is 918. The first kappa shape index (κ1) is 18.4. The average molecular weight is 402 g/mol. The molecule has 0 saturated carbocycles. The zero-order valence-electron chi connectivity index (χ0n) is 15.2. The number of nitrogens with zero attached hydrogens (tertiary/aromatic N) is 1. The Morgan fingerprint density at radius 1 is 1.18 bits per heavy atom. The lowest BCUT2D eigenvalue weighted by Crippen LogP contribution is -2.47. The van der Waals surface area contributed by atoms with E-state index in [2.05, 4.69) is 10.6 Å². The van der Waals surface area contributed by atoms with E-state index in [4.69, 9.17) is 21.1 Å². The second-order valence-corrected chi connectivity index (χ2v) is 7.08. The molecule has 0 radical (unpaired) electrons. The molecule has 1 fully saturated rings. The lowest BCUT2D eigenvalue weighted by molar-refractivity contribution is -0.120. The van der Waals surface area contributed by atoms with Crippen LogP contribution < -0.4 is 25.0 Å². The molecule has 7 nitrogen and oxygen atoms in total. The van der Waals surface area contributed by atoms with Crippen LogP contribution in [0.4, 0.5) is 11.4 Å². The third-order valence-electron chi connectivity index (χ3n) is 4.69. The first-order valence-electron chi connectivity index (χ1n) is 9.08. The zero-order chi connectivity index (χ0) is 19.5. The SMILES string of the molecule is O=C1CN(c2ccc(NC(=O)CCc3ccc4c(c3)OCO4)cc2Cl)CCN1. The smallest absolute Gasteiger partial charge is 0.239 e. The van der Waals surface area contributed by atoms with Crippen molar-refractivity contribution in [2.75, 3.05) is 36.6 Å². The number of piperazine rings is 1. The van der Waals surface area contributed by atoms with Crippen LogP contribution in [0, 0.1) is 0 Å². The molecule has 0 spiro atoms. The molecule has 146 valence electrons. The van der Waals surface area contributed by atoms with Crippen molar-refractivity contribution < 1.29 is 19.1 Å². The third kappa shape index (κ3) is 4.14. The molecule has 0 aliphatic carbocycles. The molecule has 1 saturated heterocycles. The van der Waals surface area contributed by atoms with E-state index in [9.17, 15) is 9.59 Å². The Labute approximate surface area is 167 Å². The van der Waals surface area contributed by atoms with Crippen LogP contribution in [0.25, 0.3) is 0 Å². The molecular formula is C20H20ClN3O4. The Balaban J connectivity index is 1.34. The number of hydrogen-bond donors (Lipinski definition) is 2. The molecule has 2 aromatic carbocycles. The van der Waals surface area contributed by atoms with Gasteiger partial charge in [0.05, 0.1) is 17.3 Å². The van der Waals surface area contributed by atoms with Gasteiger partial charge in [0.25, 0.3) is 0 Å². The summed E-state index contributed by atoms with van der Waals surface area (Å²) in [7, 11) is 0. The summed E-state index contributed by atoms with van der Waals surface area (Å²) in [5.74, 6) is 1.32. The summed E-state index contributed by atoms with van der Waals surface area (Å²) in [4.78, 5) is 25.8. The summed E-state index contributed by atoms with van der Waals surface area (Å²) < 4.78 is 10.6. The third-order valence-corrected chi connectivity index (χ3v) is 4.99. The minimum absolute atomic E-state index is 0.0248. The number of hydrogen-bond acceptors (Lipinski definition) is 5. The lowest BCUT2D eigenvalue weighted by Gasteiger charge is -2.29. The number of rotatable bonds is 5. The minimum Gasteiger partial charge on any atom is -0.454 e. The van der Waals surface area contributed by atoms with E-state index in [0.717, 1.165) is 17.0 Å². The van der Waals surface area contributed by atoms with E-state index in [1.54, 1.807) is 12.1 Å². The van der Waals surface area contributed by atoms with Crippen molar-refractivity contribution in [1.82, 2.24) is 5.32 Å². The van der Waals surface area contributed by atoms with Crippen LogP contribution in [0.15, 0.2) is 36.4 Å². The first-order valence-corrected chi connectivity index (χ1v) is 9.46. The first-order chi connectivity index (χ1) is 13.6. The number of carbonyl (C=O) groups excluding carboxylic acids is 2. The predicted octanol–water partition coefficient (Wildman–Crippen LogP) is 2.58. The van der Waals surface area contributed by atoms with Crippen molar-refractivity contribution in [2.45, 2.75) is 12.8 Å². The van der Waals surface area contributed by atoms with Crippen molar-refractivity contribution in [3.05, 3.63) is 47.0 Å². The maximum atomic E-state index is 12.3. The highest BCUT2D eigenvalue weighted by Gasteiger charge is 2.19. The summed E-state index contributed by atoms with van der Waals surface area (Å²) in [6.07, 6.45) is 0.933. The van der Waals surface area contributed by atoms with Crippen molar-refractivity contribution in [3.8, 4) is 11.5 Å². The number of anilines is 2. The predicted molar refractivity (Wildman–Crippen MR) is 106 cm³/mol. The van der Waals surface area contributed by atoms with Crippen LogP contribution >= 0.6 is 11.6 Å². The molecule has 0 unspecified atom stereocenters. The van der Waals surface area contributed by atoms with E-state index in [-0.39, 0.29) is 25.2 Å². The van der Waals surface area contributed by atoms with Crippen molar-refractivity contribution >= 4 is 34.8 Å². The van der Waals surface area contributed by atoms with Gasteiger partial charge in [-0.25, -0.2) is 0 Å². The van der Waals surface area contributed by atoms with Gasteiger partial charge in [0.1, 0.15) is 0 Å². The van der Waals surface area contributed by atoms with Crippen LogP contribution in [-0.4, -0.2) is 38.2 Å². The molecule has 0 aromatic heterocycles. The summed E-state index contributed by atoms with van der Waals surface area (Å²) in [6, 6.07) is 11.0. The second kappa shape index (κ2) is 7.98. The summed E-state index contributed by atoms with van der Waals surface area (Å²) in [6.45, 7) is 1.80. The molecule has 2 aromatic rings. The molecule has 2 amide bonds. The van der Waals surface area contributed by atoms with E-state index in [1.165, 1.54) is 0 Å². The van der Waals surface area contributed by atoms with Gasteiger partial charge in [-0.3, -0.25) is 9.59 Å². The van der Waals surface area contributed by atoms with Crippen LogP contribution in [0.1, 0.15) is 12.0 Å². The Morgan fingerprint density at radius 3 is 2.86 bits per heavy atom. The van der Waals surface area contributed by atoms with Crippen LogP contribution in [0.3, 0.4) is 0 Å². The van der Waals surface area contributed by atoms with Gasteiger partial charge in [0.15, 0.2) is 11.5 Å². The highest BCUT2D eigenvalue weighted by atomic mass is 35.5. The van der Waals surface area contributed by atoms with Crippen LogP contribution in [0.5, 0.6) is 11.5 Å². The zero-order valence-corrected chi connectivity index (χ0v) is 15.9. The average Bonchev–Trinajstić information content (AvgIpc) is 3.14. The van der Waals surface area contributed by atoms with Gasteiger partial charge in [-0.15, -0.1) is 0 Å². The van der Waals surface area contributed by atoms with Gasteiger partial charge in [0, 0.05) is 25.2 Å². The van der Waals surface area contributed by atoms with Gasteiger partial charge in [-0.2, -0.15) is 0 Å².